The van der Waals surface area contributed by atoms with E-state index in [2.05, 4.69) is 38.0 Å². The molecule has 0 aromatic rings. The predicted octanol–water partition coefficient (Wildman–Crippen LogP) is 1.12. The number of aliphatic imine (C=N–C) groups is 1. The number of nitrogens with zero attached hydrogens (tertiary/aromatic N) is 1. The molecule has 0 radical (unpaired) electrons. The van der Waals surface area contributed by atoms with E-state index in [0.717, 1.165) is 0 Å². The maximum absolute atomic E-state index is 11.2. The summed E-state index contributed by atoms with van der Waals surface area (Å²) < 4.78 is 0. The van der Waals surface area contributed by atoms with Crippen molar-refractivity contribution in [3.63, 3.8) is 0 Å². The number of carbonyl (C=O) groups is 1. The molecule has 0 spiro atoms. The molecule has 1 heterocycles. The Kier molecular flexibility index (Phi) is 1.56. The fraction of sp³-hybridized carbons (Fsp3) is 0.800. The summed E-state index contributed by atoms with van der Waals surface area (Å²) in [6.45, 7) is 8.67. The van der Waals surface area contributed by atoms with Crippen LogP contribution in [0.3, 0.4) is 0 Å². The Morgan fingerprint density at radius 1 is 1.29 bits per heavy atom. The Hall–Kier alpha value is -1.06. The Morgan fingerprint density at radius 2 is 1.86 bits per heavy atom. The van der Waals surface area contributed by atoms with Crippen molar-refractivity contribution in [1.82, 2.24) is 5.32 Å². The third kappa shape index (κ3) is 0.837. The van der Waals surface area contributed by atoms with E-state index in [-0.39, 0.29) is 28.8 Å². The minimum absolute atomic E-state index is 0.0773. The van der Waals surface area contributed by atoms with E-state index in [4.69, 9.17) is 5.73 Å². The largest absolute Gasteiger partial charge is 0.387 e. The van der Waals surface area contributed by atoms with Gasteiger partial charge in [-0.3, -0.25) is 0 Å². The lowest BCUT2D eigenvalue weighted by molar-refractivity contribution is -0.0973. The number of nitrogens with two attached hydrogens (primary N) is 1. The van der Waals surface area contributed by atoms with Crippen LogP contribution in [0.4, 0.5) is 4.79 Å². The number of amides is 2. The summed E-state index contributed by atoms with van der Waals surface area (Å²) in [4.78, 5) is 15.0. The van der Waals surface area contributed by atoms with Crippen molar-refractivity contribution in [1.29, 1.82) is 0 Å². The van der Waals surface area contributed by atoms with E-state index in [1.165, 1.54) is 0 Å². The van der Waals surface area contributed by atoms with Crippen molar-refractivity contribution in [2.75, 3.05) is 0 Å². The minimum Gasteiger partial charge on any atom is -0.387 e. The second-order valence-corrected chi connectivity index (χ2v) is 5.38. The monoisotopic (exact) mass is 195 g/mol. The van der Waals surface area contributed by atoms with Crippen LogP contribution in [-0.2, 0) is 0 Å². The topological polar surface area (TPSA) is 67.5 Å². The van der Waals surface area contributed by atoms with Crippen LogP contribution in [0, 0.1) is 16.7 Å². The zero-order valence-electron chi connectivity index (χ0n) is 9.09. The summed E-state index contributed by atoms with van der Waals surface area (Å²) in [5, 5.41) is 2.89. The quantitative estimate of drug-likeness (QED) is 0.608. The average Bonchev–Trinajstić information content (AvgIpc) is 2.01. The lowest BCUT2D eigenvalue weighted by Gasteiger charge is -2.65. The van der Waals surface area contributed by atoms with E-state index >= 15 is 0 Å². The molecule has 4 nitrogen and oxygen atoms in total. The van der Waals surface area contributed by atoms with Crippen LogP contribution in [0.1, 0.15) is 27.7 Å². The first kappa shape index (κ1) is 9.49. The van der Waals surface area contributed by atoms with Crippen molar-refractivity contribution in [3.05, 3.63) is 0 Å². The standard InChI is InChI=1S/C10H17N3O/c1-9(2)5-6(10(9,3)4)12-8(14)13-7(5)11/h5-6H,1-4H3,(H3,11,12,13,14). The molecule has 1 saturated carbocycles. The van der Waals surface area contributed by atoms with Gasteiger partial charge in [-0.2, -0.15) is 4.99 Å². The summed E-state index contributed by atoms with van der Waals surface area (Å²) in [6.07, 6.45) is 0. The number of hydrogen-bond donors (Lipinski definition) is 2. The first-order valence-corrected chi connectivity index (χ1v) is 4.93. The van der Waals surface area contributed by atoms with Crippen molar-refractivity contribution in [3.8, 4) is 0 Å². The highest BCUT2D eigenvalue weighted by molar-refractivity contribution is 5.98. The second-order valence-electron chi connectivity index (χ2n) is 5.38. The van der Waals surface area contributed by atoms with Gasteiger partial charge in [-0.25, -0.2) is 4.79 Å². The highest BCUT2D eigenvalue weighted by Gasteiger charge is 2.64. The molecule has 1 aliphatic carbocycles. The second kappa shape index (κ2) is 2.30. The molecule has 2 unspecified atom stereocenters. The molecule has 3 N–H and O–H groups in total. The summed E-state index contributed by atoms with van der Waals surface area (Å²) in [6, 6.07) is -0.158. The highest BCUT2D eigenvalue weighted by atomic mass is 16.2. The van der Waals surface area contributed by atoms with Crippen LogP contribution in [0.15, 0.2) is 4.99 Å². The smallest absolute Gasteiger partial charge is 0.342 e. The molecule has 14 heavy (non-hydrogen) atoms. The molecular formula is C10H17N3O. The van der Waals surface area contributed by atoms with Gasteiger partial charge in [0.2, 0.25) is 0 Å². The zero-order chi connectivity index (χ0) is 10.7. The molecule has 0 saturated heterocycles. The summed E-state index contributed by atoms with van der Waals surface area (Å²) in [7, 11) is 0. The van der Waals surface area contributed by atoms with Gasteiger partial charge in [0.1, 0.15) is 5.84 Å². The van der Waals surface area contributed by atoms with Crippen LogP contribution in [-0.4, -0.2) is 17.9 Å². The number of hydrogen-bond acceptors (Lipinski definition) is 2. The lowest BCUT2D eigenvalue weighted by atomic mass is 9.43. The van der Waals surface area contributed by atoms with Gasteiger partial charge < -0.3 is 11.1 Å². The number of carbonyl (C=O) groups excluding carboxylic acids is 1. The maximum Gasteiger partial charge on any atom is 0.342 e. The molecule has 2 rings (SSSR count). The summed E-state index contributed by atoms with van der Waals surface area (Å²) in [5.74, 6) is 0.679. The number of rotatable bonds is 0. The average molecular weight is 195 g/mol. The van der Waals surface area contributed by atoms with Gasteiger partial charge >= 0.3 is 6.03 Å². The molecule has 1 aliphatic heterocycles. The van der Waals surface area contributed by atoms with E-state index in [0.29, 0.717) is 5.84 Å². The van der Waals surface area contributed by atoms with Gasteiger partial charge in [0.15, 0.2) is 0 Å². The van der Waals surface area contributed by atoms with Crippen LogP contribution in [0.25, 0.3) is 0 Å². The highest BCUT2D eigenvalue weighted by Crippen LogP contribution is 2.60. The lowest BCUT2D eigenvalue weighted by Crippen LogP contribution is -2.74. The third-order valence-electron chi connectivity index (χ3n) is 4.38. The minimum atomic E-state index is -0.299. The first-order chi connectivity index (χ1) is 6.28. The maximum atomic E-state index is 11.2. The fourth-order valence-corrected chi connectivity index (χ4v) is 2.69. The van der Waals surface area contributed by atoms with Crippen LogP contribution in [0.5, 0.6) is 0 Å². The van der Waals surface area contributed by atoms with E-state index < -0.39 is 0 Å². The first-order valence-electron chi connectivity index (χ1n) is 4.93. The number of fused-ring (bicyclic) bond motifs is 1. The Bertz CT molecular complexity index is 330. The van der Waals surface area contributed by atoms with Crippen molar-refractivity contribution >= 4 is 11.9 Å². The van der Waals surface area contributed by atoms with Crippen molar-refractivity contribution in [2.45, 2.75) is 33.7 Å². The van der Waals surface area contributed by atoms with Crippen molar-refractivity contribution < 1.29 is 4.79 Å². The molecular weight excluding hydrogens is 178 g/mol. The van der Waals surface area contributed by atoms with E-state index in [1.54, 1.807) is 0 Å². The van der Waals surface area contributed by atoms with Gasteiger partial charge in [-0.05, 0) is 10.8 Å². The van der Waals surface area contributed by atoms with Gasteiger partial charge in [0.25, 0.3) is 0 Å². The van der Waals surface area contributed by atoms with Gasteiger partial charge in [-0.15, -0.1) is 0 Å². The molecule has 78 valence electrons. The molecule has 0 bridgehead atoms. The third-order valence-corrected chi connectivity index (χ3v) is 4.38. The normalized spacial score (nSPS) is 37.7. The number of amidine groups is 1. The van der Waals surface area contributed by atoms with Crippen LogP contribution >= 0.6 is 0 Å². The molecule has 2 atom stereocenters. The molecule has 2 aliphatic rings. The van der Waals surface area contributed by atoms with Gasteiger partial charge in [0.05, 0.1) is 0 Å². The van der Waals surface area contributed by atoms with E-state index in [9.17, 15) is 4.79 Å². The number of urea groups is 1. The van der Waals surface area contributed by atoms with Gasteiger partial charge in [-0.1, -0.05) is 27.7 Å². The Morgan fingerprint density at radius 3 is 2.43 bits per heavy atom. The Balaban J connectivity index is 2.40. The molecule has 1 fully saturated rings. The molecule has 4 heteroatoms. The summed E-state index contributed by atoms with van der Waals surface area (Å²) >= 11 is 0. The van der Waals surface area contributed by atoms with Crippen LogP contribution < -0.4 is 11.1 Å². The predicted molar refractivity (Wildman–Crippen MR) is 55.0 cm³/mol. The molecule has 2 amide bonds. The molecule has 0 aromatic carbocycles. The SMILES string of the molecule is CC1(C)C2NC(=O)N=C(N)C2C1(C)C. The Labute approximate surface area is 84.0 Å². The molecule has 0 aromatic heterocycles. The van der Waals surface area contributed by atoms with Crippen LogP contribution in [0.2, 0.25) is 0 Å². The summed E-state index contributed by atoms with van der Waals surface area (Å²) in [5.41, 5.74) is 5.97. The fourth-order valence-electron chi connectivity index (χ4n) is 2.69. The zero-order valence-corrected chi connectivity index (χ0v) is 9.09. The van der Waals surface area contributed by atoms with E-state index in [1.807, 2.05) is 0 Å². The number of nitrogens with one attached hydrogen (secondary N) is 1. The van der Waals surface area contributed by atoms with Gasteiger partial charge in [0, 0.05) is 12.0 Å². The van der Waals surface area contributed by atoms with Crippen molar-refractivity contribution in [2.24, 2.45) is 27.5 Å².